The van der Waals surface area contributed by atoms with Gasteiger partial charge >= 0.3 is 0 Å². The van der Waals surface area contributed by atoms with Gasteiger partial charge in [0.2, 0.25) is 5.88 Å². The summed E-state index contributed by atoms with van der Waals surface area (Å²) in [5.41, 5.74) is 3.40. The maximum atomic E-state index is 5.56. The minimum atomic E-state index is -0.256. The van der Waals surface area contributed by atoms with E-state index < -0.39 is 0 Å². The SMILES string of the molecule is COc1ccc(C(NN)C2=CCCCO2)nn1. The number of hydrogen-bond donors (Lipinski definition) is 2. The summed E-state index contributed by atoms with van der Waals surface area (Å²) >= 11 is 0. The van der Waals surface area contributed by atoms with Gasteiger partial charge in [-0.1, -0.05) is 0 Å². The predicted molar refractivity (Wildman–Crippen MR) is 61.9 cm³/mol. The molecule has 1 aromatic heterocycles. The van der Waals surface area contributed by atoms with E-state index in [0.29, 0.717) is 18.2 Å². The lowest BCUT2D eigenvalue weighted by molar-refractivity contribution is 0.166. The van der Waals surface area contributed by atoms with E-state index in [-0.39, 0.29) is 6.04 Å². The molecule has 0 bridgehead atoms. The lowest BCUT2D eigenvalue weighted by Gasteiger charge is -2.22. The van der Waals surface area contributed by atoms with Crippen LogP contribution in [-0.2, 0) is 4.74 Å². The van der Waals surface area contributed by atoms with Gasteiger partial charge in [-0.2, -0.15) is 0 Å². The van der Waals surface area contributed by atoms with Crippen LogP contribution in [0.4, 0.5) is 0 Å². The molecule has 0 saturated heterocycles. The molecular formula is C11H16N4O2. The van der Waals surface area contributed by atoms with Crippen LogP contribution in [0, 0.1) is 0 Å². The largest absolute Gasteiger partial charge is 0.496 e. The number of nitrogens with zero attached hydrogens (tertiary/aromatic N) is 2. The highest BCUT2D eigenvalue weighted by Gasteiger charge is 2.20. The molecule has 6 heteroatoms. The number of allylic oxidation sites excluding steroid dienone is 1. The van der Waals surface area contributed by atoms with Crippen LogP contribution in [-0.4, -0.2) is 23.9 Å². The maximum absolute atomic E-state index is 5.56. The molecule has 1 unspecified atom stereocenters. The summed E-state index contributed by atoms with van der Waals surface area (Å²) in [7, 11) is 1.55. The van der Waals surface area contributed by atoms with E-state index in [1.165, 1.54) is 0 Å². The number of ether oxygens (including phenoxy) is 2. The van der Waals surface area contributed by atoms with Crippen molar-refractivity contribution >= 4 is 0 Å². The fraction of sp³-hybridized carbons (Fsp3) is 0.455. The highest BCUT2D eigenvalue weighted by atomic mass is 16.5. The third kappa shape index (κ3) is 2.72. The van der Waals surface area contributed by atoms with Crippen molar-refractivity contribution in [2.45, 2.75) is 18.9 Å². The van der Waals surface area contributed by atoms with Gasteiger partial charge in [0.05, 0.1) is 19.4 Å². The van der Waals surface area contributed by atoms with E-state index in [0.717, 1.165) is 18.6 Å². The van der Waals surface area contributed by atoms with Crippen LogP contribution >= 0.6 is 0 Å². The first-order valence-corrected chi connectivity index (χ1v) is 5.51. The number of hydrazine groups is 1. The summed E-state index contributed by atoms with van der Waals surface area (Å²) in [6, 6.07) is 3.30. The number of rotatable bonds is 4. The Morgan fingerprint density at radius 1 is 1.47 bits per heavy atom. The molecule has 0 radical (unpaired) electrons. The molecule has 2 rings (SSSR count). The Kier molecular flexibility index (Phi) is 3.89. The van der Waals surface area contributed by atoms with Crippen molar-refractivity contribution in [1.82, 2.24) is 15.6 Å². The second-order valence-corrected chi connectivity index (χ2v) is 3.70. The van der Waals surface area contributed by atoms with Crippen LogP contribution in [0.3, 0.4) is 0 Å². The highest BCUT2D eigenvalue weighted by molar-refractivity contribution is 5.21. The standard InChI is InChI=1S/C11H16N4O2/c1-16-10-6-5-8(14-15-10)11(13-12)9-4-2-3-7-17-9/h4-6,11,13H,2-3,7,12H2,1H3. The zero-order valence-electron chi connectivity index (χ0n) is 9.72. The third-order valence-electron chi connectivity index (χ3n) is 2.58. The number of nitrogens with two attached hydrogens (primary N) is 1. The summed E-state index contributed by atoms with van der Waals surface area (Å²) < 4.78 is 10.5. The van der Waals surface area contributed by atoms with Gasteiger partial charge in [0, 0.05) is 6.07 Å². The van der Waals surface area contributed by atoms with Gasteiger partial charge in [-0.3, -0.25) is 5.84 Å². The molecule has 1 aliphatic rings. The first kappa shape index (κ1) is 11.8. The van der Waals surface area contributed by atoms with Crippen molar-refractivity contribution < 1.29 is 9.47 Å². The third-order valence-corrected chi connectivity index (χ3v) is 2.58. The molecule has 1 atom stereocenters. The molecule has 2 heterocycles. The highest BCUT2D eigenvalue weighted by Crippen LogP contribution is 2.24. The van der Waals surface area contributed by atoms with E-state index in [4.69, 9.17) is 15.3 Å². The molecule has 92 valence electrons. The number of hydrogen-bond acceptors (Lipinski definition) is 6. The molecule has 0 amide bonds. The van der Waals surface area contributed by atoms with Gasteiger partial charge in [-0.05, 0) is 25.0 Å². The van der Waals surface area contributed by atoms with Crippen LogP contribution in [0.15, 0.2) is 24.0 Å². The van der Waals surface area contributed by atoms with Gasteiger partial charge in [-0.15, -0.1) is 10.2 Å². The van der Waals surface area contributed by atoms with Crippen LogP contribution in [0.1, 0.15) is 24.6 Å². The molecule has 1 aromatic rings. The zero-order chi connectivity index (χ0) is 12.1. The van der Waals surface area contributed by atoms with Crippen molar-refractivity contribution in [3.05, 3.63) is 29.7 Å². The Morgan fingerprint density at radius 2 is 2.35 bits per heavy atom. The van der Waals surface area contributed by atoms with Gasteiger partial charge in [-0.25, -0.2) is 5.43 Å². The molecule has 0 aliphatic carbocycles. The van der Waals surface area contributed by atoms with Crippen molar-refractivity contribution in [2.24, 2.45) is 5.84 Å². The summed E-state index contributed by atoms with van der Waals surface area (Å²) in [6.45, 7) is 0.716. The van der Waals surface area contributed by atoms with Gasteiger partial charge in [0.25, 0.3) is 0 Å². The van der Waals surface area contributed by atoms with Gasteiger partial charge < -0.3 is 9.47 Å². The van der Waals surface area contributed by atoms with Crippen LogP contribution in [0.25, 0.3) is 0 Å². The first-order chi connectivity index (χ1) is 8.35. The summed E-state index contributed by atoms with van der Waals surface area (Å²) in [5, 5.41) is 7.97. The topological polar surface area (TPSA) is 82.3 Å². The molecule has 0 saturated carbocycles. The number of nitrogens with one attached hydrogen (secondary N) is 1. The lowest BCUT2D eigenvalue weighted by Crippen LogP contribution is -2.31. The maximum Gasteiger partial charge on any atom is 0.233 e. The Balaban J connectivity index is 2.18. The second kappa shape index (κ2) is 5.60. The Bertz CT molecular complexity index is 391. The molecule has 17 heavy (non-hydrogen) atoms. The Labute approximate surface area is 99.8 Å². The van der Waals surface area contributed by atoms with Gasteiger partial charge in [0.1, 0.15) is 11.8 Å². The summed E-state index contributed by atoms with van der Waals surface area (Å²) in [6.07, 6.45) is 4.06. The summed E-state index contributed by atoms with van der Waals surface area (Å²) in [5.74, 6) is 6.82. The minimum absolute atomic E-state index is 0.256. The fourth-order valence-electron chi connectivity index (χ4n) is 1.68. The zero-order valence-corrected chi connectivity index (χ0v) is 9.72. The van der Waals surface area contributed by atoms with Crippen molar-refractivity contribution in [2.75, 3.05) is 13.7 Å². The average molecular weight is 236 g/mol. The van der Waals surface area contributed by atoms with Crippen molar-refractivity contribution in [3.63, 3.8) is 0 Å². The normalized spacial score (nSPS) is 16.9. The van der Waals surface area contributed by atoms with E-state index in [9.17, 15) is 0 Å². The molecule has 0 spiro atoms. The monoisotopic (exact) mass is 236 g/mol. The van der Waals surface area contributed by atoms with Crippen LogP contribution in [0.2, 0.25) is 0 Å². The molecular weight excluding hydrogens is 220 g/mol. The smallest absolute Gasteiger partial charge is 0.233 e. The Hall–Kier alpha value is -1.66. The predicted octanol–water partition coefficient (Wildman–Crippen LogP) is 0.684. The molecule has 0 fully saturated rings. The quantitative estimate of drug-likeness (QED) is 0.591. The van der Waals surface area contributed by atoms with Crippen LogP contribution < -0.4 is 16.0 Å². The van der Waals surface area contributed by atoms with Gasteiger partial charge in [0.15, 0.2) is 0 Å². The molecule has 3 N–H and O–H groups in total. The van der Waals surface area contributed by atoms with E-state index in [1.54, 1.807) is 13.2 Å². The Morgan fingerprint density at radius 3 is 2.88 bits per heavy atom. The number of aromatic nitrogens is 2. The lowest BCUT2D eigenvalue weighted by atomic mass is 10.1. The van der Waals surface area contributed by atoms with Crippen LogP contribution in [0.5, 0.6) is 5.88 Å². The number of methoxy groups -OCH3 is 1. The van der Waals surface area contributed by atoms with Crippen molar-refractivity contribution in [3.8, 4) is 5.88 Å². The first-order valence-electron chi connectivity index (χ1n) is 5.51. The molecule has 1 aliphatic heterocycles. The van der Waals surface area contributed by atoms with Crippen molar-refractivity contribution in [1.29, 1.82) is 0 Å². The van der Waals surface area contributed by atoms with E-state index >= 15 is 0 Å². The minimum Gasteiger partial charge on any atom is -0.496 e. The fourth-order valence-corrected chi connectivity index (χ4v) is 1.68. The van der Waals surface area contributed by atoms with E-state index in [1.807, 2.05) is 12.1 Å². The average Bonchev–Trinajstić information content (AvgIpc) is 2.42. The summed E-state index contributed by atoms with van der Waals surface area (Å²) in [4.78, 5) is 0. The second-order valence-electron chi connectivity index (χ2n) is 3.70. The molecule has 6 nitrogen and oxygen atoms in total. The molecule has 0 aromatic carbocycles. The van der Waals surface area contributed by atoms with E-state index in [2.05, 4.69) is 15.6 Å².